The van der Waals surface area contributed by atoms with Gasteiger partial charge in [0.15, 0.2) is 0 Å². The minimum atomic E-state index is -3.51. The van der Waals surface area contributed by atoms with Crippen LogP contribution < -0.4 is 10.5 Å². The summed E-state index contributed by atoms with van der Waals surface area (Å²) in [6.45, 7) is 9.35. The first-order chi connectivity index (χ1) is 9.40. The van der Waals surface area contributed by atoms with Gasteiger partial charge in [0.2, 0.25) is 10.0 Å². The van der Waals surface area contributed by atoms with Gasteiger partial charge in [0.25, 0.3) is 0 Å². The predicted molar refractivity (Wildman–Crippen MR) is 83.2 cm³/mol. The highest BCUT2D eigenvalue weighted by molar-refractivity contribution is 7.89. The number of anilines is 1. The van der Waals surface area contributed by atoms with Crippen molar-refractivity contribution in [3.05, 3.63) is 23.8 Å². The fourth-order valence-electron chi connectivity index (χ4n) is 2.04. The molecule has 0 saturated heterocycles. The second-order valence-electron chi connectivity index (χ2n) is 4.82. The standard InChI is InChI=1S/C14H25N3O2S/c1-4-17(5-2)10-6-9-16-20(18,19)14-8-7-12(3)11-13(14)15/h7-8,11,16H,4-6,9-10,15H2,1-3H3. The summed E-state index contributed by atoms with van der Waals surface area (Å²) in [6, 6.07) is 4.97. The molecule has 0 radical (unpaired) electrons. The summed E-state index contributed by atoms with van der Waals surface area (Å²) in [7, 11) is -3.51. The Morgan fingerprint density at radius 3 is 2.45 bits per heavy atom. The lowest BCUT2D eigenvalue weighted by atomic mass is 10.2. The maximum Gasteiger partial charge on any atom is 0.242 e. The maximum atomic E-state index is 12.1. The number of rotatable bonds is 8. The van der Waals surface area contributed by atoms with Gasteiger partial charge in [-0.25, -0.2) is 13.1 Å². The Hall–Kier alpha value is -1.11. The number of nitrogens with zero attached hydrogens (tertiary/aromatic N) is 1. The first-order valence-electron chi connectivity index (χ1n) is 6.98. The van der Waals surface area contributed by atoms with Crippen molar-refractivity contribution in [2.24, 2.45) is 0 Å². The summed E-state index contributed by atoms with van der Waals surface area (Å²) in [5, 5.41) is 0. The molecule has 0 spiro atoms. The van der Waals surface area contributed by atoms with E-state index in [9.17, 15) is 8.42 Å². The summed E-state index contributed by atoms with van der Waals surface area (Å²) in [5.41, 5.74) is 7.02. The molecule has 20 heavy (non-hydrogen) atoms. The average Bonchev–Trinajstić information content (AvgIpc) is 2.38. The molecule has 3 N–H and O–H groups in total. The number of nitrogen functional groups attached to an aromatic ring is 1. The number of nitrogens with two attached hydrogens (primary N) is 1. The van der Waals surface area contributed by atoms with E-state index in [0.29, 0.717) is 12.2 Å². The monoisotopic (exact) mass is 299 g/mol. The lowest BCUT2D eigenvalue weighted by Crippen LogP contribution is -2.30. The van der Waals surface area contributed by atoms with Crippen molar-refractivity contribution < 1.29 is 8.42 Å². The molecule has 5 nitrogen and oxygen atoms in total. The zero-order valence-corrected chi connectivity index (χ0v) is 13.3. The van der Waals surface area contributed by atoms with E-state index in [2.05, 4.69) is 23.5 Å². The molecular formula is C14H25N3O2S. The third-order valence-corrected chi connectivity index (χ3v) is 4.83. The van der Waals surface area contributed by atoms with Crippen molar-refractivity contribution >= 4 is 15.7 Å². The molecule has 0 amide bonds. The molecule has 0 saturated carbocycles. The van der Waals surface area contributed by atoms with E-state index in [4.69, 9.17) is 5.73 Å². The minimum Gasteiger partial charge on any atom is -0.398 e. The molecule has 0 aromatic heterocycles. The van der Waals surface area contributed by atoms with Crippen LogP contribution in [-0.4, -0.2) is 39.5 Å². The van der Waals surface area contributed by atoms with Gasteiger partial charge in [0.1, 0.15) is 4.90 Å². The zero-order valence-electron chi connectivity index (χ0n) is 12.5. The van der Waals surface area contributed by atoms with Crippen LogP contribution in [0.25, 0.3) is 0 Å². The Balaban J connectivity index is 2.58. The lowest BCUT2D eigenvalue weighted by molar-refractivity contribution is 0.300. The highest BCUT2D eigenvalue weighted by Crippen LogP contribution is 2.19. The first-order valence-corrected chi connectivity index (χ1v) is 8.47. The van der Waals surface area contributed by atoms with E-state index in [1.54, 1.807) is 18.2 Å². The van der Waals surface area contributed by atoms with Crippen LogP contribution in [0.5, 0.6) is 0 Å². The summed E-state index contributed by atoms with van der Waals surface area (Å²) < 4.78 is 26.9. The van der Waals surface area contributed by atoms with Gasteiger partial charge >= 0.3 is 0 Å². The van der Waals surface area contributed by atoms with Crippen LogP contribution in [0.2, 0.25) is 0 Å². The highest BCUT2D eigenvalue weighted by atomic mass is 32.2. The third kappa shape index (κ3) is 4.77. The third-order valence-electron chi connectivity index (χ3n) is 3.29. The normalized spacial score (nSPS) is 12.0. The zero-order chi connectivity index (χ0) is 15.2. The number of hydrogen-bond donors (Lipinski definition) is 2. The van der Waals surface area contributed by atoms with Gasteiger partial charge in [-0.2, -0.15) is 0 Å². The van der Waals surface area contributed by atoms with Gasteiger partial charge in [-0.05, 0) is 50.7 Å². The molecule has 0 fully saturated rings. The number of hydrogen-bond acceptors (Lipinski definition) is 4. The van der Waals surface area contributed by atoms with Crippen molar-refractivity contribution in [2.75, 3.05) is 31.9 Å². The number of benzene rings is 1. The molecular weight excluding hydrogens is 274 g/mol. The highest BCUT2D eigenvalue weighted by Gasteiger charge is 2.16. The van der Waals surface area contributed by atoms with E-state index in [1.165, 1.54) is 0 Å². The largest absolute Gasteiger partial charge is 0.398 e. The Labute approximate surface area is 122 Å². The second kappa shape index (κ2) is 7.61. The van der Waals surface area contributed by atoms with Crippen LogP contribution in [0.3, 0.4) is 0 Å². The molecule has 0 unspecified atom stereocenters. The first kappa shape index (κ1) is 16.9. The van der Waals surface area contributed by atoms with Crippen molar-refractivity contribution in [3.8, 4) is 0 Å². The van der Waals surface area contributed by atoms with E-state index in [-0.39, 0.29) is 4.90 Å². The number of sulfonamides is 1. The van der Waals surface area contributed by atoms with Crippen molar-refractivity contribution in [1.82, 2.24) is 9.62 Å². The van der Waals surface area contributed by atoms with Crippen LogP contribution in [-0.2, 0) is 10.0 Å². The molecule has 0 atom stereocenters. The molecule has 0 aliphatic rings. The predicted octanol–water partition coefficient (Wildman–Crippen LogP) is 1.59. The summed E-state index contributed by atoms with van der Waals surface area (Å²) in [6.07, 6.45) is 0.784. The minimum absolute atomic E-state index is 0.158. The maximum absolute atomic E-state index is 12.1. The Kier molecular flexibility index (Phi) is 6.45. The lowest BCUT2D eigenvalue weighted by Gasteiger charge is -2.17. The molecule has 0 aliphatic carbocycles. The molecule has 1 aromatic rings. The van der Waals surface area contributed by atoms with E-state index in [0.717, 1.165) is 31.6 Å². The molecule has 0 heterocycles. The molecule has 114 valence electrons. The van der Waals surface area contributed by atoms with Crippen LogP contribution in [0.1, 0.15) is 25.8 Å². The molecule has 1 rings (SSSR count). The van der Waals surface area contributed by atoms with Crippen LogP contribution >= 0.6 is 0 Å². The van der Waals surface area contributed by atoms with E-state index < -0.39 is 10.0 Å². The van der Waals surface area contributed by atoms with Crippen molar-refractivity contribution in [2.45, 2.75) is 32.1 Å². The topological polar surface area (TPSA) is 75.4 Å². The Morgan fingerprint density at radius 2 is 1.90 bits per heavy atom. The van der Waals surface area contributed by atoms with Crippen molar-refractivity contribution in [3.63, 3.8) is 0 Å². The van der Waals surface area contributed by atoms with Gasteiger partial charge in [-0.1, -0.05) is 19.9 Å². The van der Waals surface area contributed by atoms with Gasteiger partial charge in [0.05, 0.1) is 5.69 Å². The van der Waals surface area contributed by atoms with Gasteiger partial charge in [-0.3, -0.25) is 0 Å². The smallest absolute Gasteiger partial charge is 0.242 e. The Bertz CT molecular complexity index is 525. The van der Waals surface area contributed by atoms with Crippen LogP contribution in [0.4, 0.5) is 5.69 Å². The van der Waals surface area contributed by atoms with Gasteiger partial charge in [0, 0.05) is 6.54 Å². The average molecular weight is 299 g/mol. The quantitative estimate of drug-likeness (QED) is 0.564. The fourth-order valence-corrected chi connectivity index (χ4v) is 3.22. The molecule has 0 aliphatic heterocycles. The van der Waals surface area contributed by atoms with Crippen molar-refractivity contribution in [1.29, 1.82) is 0 Å². The molecule has 0 bridgehead atoms. The molecule has 6 heteroatoms. The second-order valence-corrected chi connectivity index (χ2v) is 6.55. The SMILES string of the molecule is CCN(CC)CCCNS(=O)(=O)c1ccc(C)cc1N. The van der Waals surface area contributed by atoms with E-state index in [1.807, 2.05) is 6.92 Å². The van der Waals surface area contributed by atoms with Gasteiger partial charge in [-0.15, -0.1) is 0 Å². The summed E-state index contributed by atoms with van der Waals surface area (Å²) >= 11 is 0. The summed E-state index contributed by atoms with van der Waals surface area (Å²) in [4.78, 5) is 2.42. The van der Waals surface area contributed by atoms with Crippen LogP contribution in [0, 0.1) is 6.92 Å². The Morgan fingerprint density at radius 1 is 1.25 bits per heavy atom. The van der Waals surface area contributed by atoms with Crippen LogP contribution in [0.15, 0.2) is 23.1 Å². The number of nitrogens with one attached hydrogen (secondary N) is 1. The molecule has 1 aromatic carbocycles. The number of aryl methyl sites for hydroxylation is 1. The van der Waals surface area contributed by atoms with E-state index >= 15 is 0 Å². The fraction of sp³-hybridized carbons (Fsp3) is 0.571. The van der Waals surface area contributed by atoms with Gasteiger partial charge < -0.3 is 10.6 Å². The summed E-state index contributed by atoms with van der Waals surface area (Å²) in [5.74, 6) is 0.